The zero-order chi connectivity index (χ0) is 16.8. The van der Waals surface area contributed by atoms with Gasteiger partial charge in [-0.3, -0.25) is 0 Å². The highest BCUT2D eigenvalue weighted by atomic mass is 19.1. The van der Waals surface area contributed by atoms with E-state index in [0.29, 0.717) is 17.6 Å². The molecular formula is C16H19FN4O2. The van der Waals surface area contributed by atoms with Gasteiger partial charge in [0.1, 0.15) is 12.1 Å². The van der Waals surface area contributed by atoms with E-state index in [1.54, 1.807) is 12.3 Å². The Morgan fingerprint density at radius 3 is 2.83 bits per heavy atom. The number of amides is 1. The van der Waals surface area contributed by atoms with Crippen molar-refractivity contribution in [3.63, 3.8) is 0 Å². The van der Waals surface area contributed by atoms with Gasteiger partial charge in [0, 0.05) is 30.4 Å². The van der Waals surface area contributed by atoms with Crippen LogP contribution in [0.2, 0.25) is 0 Å². The van der Waals surface area contributed by atoms with Crippen LogP contribution in [0.4, 0.5) is 9.18 Å². The molecule has 0 aromatic carbocycles. The molecule has 23 heavy (non-hydrogen) atoms. The van der Waals surface area contributed by atoms with Crippen molar-refractivity contribution in [2.45, 2.75) is 33.2 Å². The summed E-state index contributed by atoms with van der Waals surface area (Å²) in [5, 5.41) is 13.4. The Hall–Kier alpha value is -2.44. The van der Waals surface area contributed by atoms with Gasteiger partial charge < -0.3 is 10.0 Å². The van der Waals surface area contributed by atoms with Gasteiger partial charge in [-0.1, -0.05) is 26.8 Å². The first-order valence-electron chi connectivity index (χ1n) is 7.45. The van der Waals surface area contributed by atoms with Crippen LogP contribution in [0.25, 0.3) is 11.2 Å². The van der Waals surface area contributed by atoms with Crippen LogP contribution in [-0.4, -0.2) is 43.3 Å². The molecule has 0 bridgehead atoms. The molecule has 3 rings (SSSR count). The fraction of sp³-hybridized carbons (Fsp3) is 0.438. The molecule has 1 N–H and O–H groups in total. The third-order valence-electron chi connectivity index (χ3n) is 4.28. The van der Waals surface area contributed by atoms with Crippen molar-refractivity contribution >= 4 is 17.3 Å². The number of halogens is 1. The predicted molar refractivity (Wildman–Crippen MR) is 83.5 cm³/mol. The number of hydrogen-bond acceptors (Lipinski definition) is 3. The Bertz CT molecular complexity index is 791. The maximum absolute atomic E-state index is 14.4. The second-order valence-electron chi connectivity index (χ2n) is 6.85. The highest BCUT2D eigenvalue weighted by Gasteiger charge is 2.36. The summed E-state index contributed by atoms with van der Waals surface area (Å²) in [6.45, 7) is 6.23. The molecule has 0 fully saturated rings. The molecule has 2 aromatic rings. The first kappa shape index (κ1) is 15.5. The molecule has 1 aliphatic rings. The predicted octanol–water partition coefficient (Wildman–Crippen LogP) is 3.05. The van der Waals surface area contributed by atoms with E-state index in [1.165, 1.54) is 21.8 Å². The molecule has 3 heterocycles. The van der Waals surface area contributed by atoms with Gasteiger partial charge in [0.05, 0.1) is 0 Å². The molecule has 6 nitrogen and oxygen atoms in total. The minimum atomic E-state index is -0.951. The van der Waals surface area contributed by atoms with E-state index in [4.69, 9.17) is 0 Å². The number of pyridine rings is 1. The van der Waals surface area contributed by atoms with Crippen LogP contribution < -0.4 is 0 Å². The maximum Gasteiger partial charge on any atom is 0.407 e. The Labute approximate surface area is 133 Å². The van der Waals surface area contributed by atoms with Crippen molar-refractivity contribution < 1.29 is 14.3 Å². The molecule has 0 saturated heterocycles. The van der Waals surface area contributed by atoms with Crippen LogP contribution in [0.1, 0.15) is 32.8 Å². The van der Waals surface area contributed by atoms with E-state index < -0.39 is 6.09 Å². The van der Waals surface area contributed by atoms with Gasteiger partial charge >= 0.3 is 6.09 Å². The van der Waals surface area contributed by atoms with Crippen molar-refractivity contribution in [1.82, 2.24) is 19.5 Å². The largest absolute Gasteiger partial charge is 0.465 e. The Morgan fingerprint density at radius 1 is 1.43 bits per heavy atom. The molecule has 7 heteroatoms. The molecular weight excluding hydrogens is 299 g/mol. The topological polar surface area (TPSA) is 70.7 Å². The smallest absolute Gasteiger partial charge is 0.407 e. The summed E-state index contributed by atoms with van der Waals surface area (Å²) in [6.07, 6.45) is 4.27. The summed E-state index contributed by atoms with van der Waals surface area (Å²) in [5.41, 5.74) is 1.45. The zero-order valence-corrected chi connectivity index (χ0v) is 13.3. The molecule has 0 radical (unpaired) electrons. The summed E-state index contributed by atoms with van der Waals surface area (Å²) < 4.78 is 15.9. The summed E-state index contributed by atoms with van der Waals surface area (Å²) in [6, 6.07) is 1.13. The van der Waals surface area contributed by atoms with Gasteiger partial charge in [-0.15, -0.1) is 0 Å². The highest BCUT2D eigenvalue weighted by molar-refractivity contribution is 5.72. The van der Waals surface area contributed by atoms with Crippen molar-refractivity contribution in [2.75, 3.05) is 6.54 Å². The highest BCUT2D eigenvalue weighted by Crippen LogP contribution is 2.36. The second kappa shape index (κ2) is 5.33. The van der Waals surface area contributed by atoms with Crippen LogP contribution in [0.3, 0.4) is 0 Å². The fourth-order valence-corrected chi connectivity index (χ4v) is 3.02. The van der Waals surface area contributed by atoms with Gasteiger partial charge in [0.15, 0.2) is 5.65 Å². The second-order valence-corrected chi connectivity index (χ2v) is 6.85. The molecule has 122 valence electrons. The normalized spacial score (nSPS) is 19.0. The van der Waals surface area contributed by atoms with Gasteiger partial charge in [0.25, 0.3) is 0 Å². The van der Waals surface area contributed by atoms with E-state index in [0.717, 1.165) is 5.57 Å². The van der Waals surface area contributed by atoms with Crippen LogP contribution in [0.15, 0.2) is 24.7 Å². The number of fused-ring (bicyclic) bond motifs is 1. The quantitative estimate of drug-likeness (QED) is 0.877. The molecule has 1 aliphatic heterocycles. The van der Waals surface area contributed by atoms with E-state index in [-0.39, 0.29) is 23.8 Å². The van der Waals surface area contributed by atoms with Crippen molar-refractivity contribution in [3.05, 3.63) is 36.0 Å². The number of hydrogen-bond donors (Lipinski definition) is 1. The van der Waals surface area contributed by atoms with E-state index in [9.17, 15) is 14.3 Å². The van der Waals surface area contributed by atoms with Crippen LogP contribution >= 0.6 is 0 Å². The first-order chi connectivity index (χ1) is 10.8. The summed E-state index contributed by atoms with van der Waals surface area (Å²) in [7, 11) is 0. The van der Waals surface area contributed by atoms with Gasteiger partial charge in [0.2, 0.25) is 0 Å². The van der Waals surface area contributed by atoms with Crippen LogP contribution in [-0.2, 0) is 0 Å². The van der Waals surface area contributed by atoms with Crippen molar-refractivity contribution in [3.8, 4) is 0 Å². The summed E-state index contributed by atoms with van der Waals surface area (Å²) in [5.74, 6) is -0.367. The molecule has 1 amide bonds. The Morgan fingerprint density at radius 2 is 2.17 bits per heavy atom. The lowest BCUT2D eigenvalue weighted by atomic mass is 9.79. The first-order valence-corrected chi connectivity index (χ1v) is 7.45. The average molecular weight is 318 g/mol. The number of carbonyl (C=O) groups is 1. The van der Waals surface area contributed by atoms with Crippen molar-refractivity contribution in [2.24, 2.45) is 5.41 Å². The van der Waals surface area contributed by atoms with Crippen molar-refractivity contribution in [1.29, 1.82) is 0 Å². The number of carboxylic acid groups (broad SMARTS) is 1. The van der Waals surface area contributed by atoms with E-state index >= 15 is 0 Å². The summed E-state index contributed by atoms with van der Waals surface area (Å²) >= 11 is 0. The molecule has 1 atom stereocenters. The van der Waals surface area contributed by atoms with Crippen LogP contribution in [0, 0.1) is 11.2 Å². The molecule has 0 aliphatic carbocycles. The maximum atomic E-state index is 14.4. The van der Waals surface area contributed by atoms with Gasteiger partial charge in [-0.2, -0.15) is 5.10 Å². The molecule has 2 aromatic heterocycles. The number of nitrogens with zero attached hydrogens (tertiary/aromatic N) is 4. The summed E-state index contributed by atoms with van der Waals surface area (Å²) in [4.78, 5) is 16.8. The lowest BCUT2D eigenvalue weighted by molar-refractivity contribution is 0.0883. The monoisotopic (exact) mass is 318 g/mol. The standard InChI is InChI=1S/C16H19FN4O2/c1-16(2,3)13-6-10(4-5-20(13)15(22)23)11-8-21-14(7-12(11)17)18-9-19-21/h4,7-9,13H,5-6H2,1-3H3,(H,22,23). The SMILES string of the molecule is CC(C)(C)C1CC(c2cn3ncnc3cc2F)=CCN1C(=O)O. The minimum Gasteiger partial charge on any atom is -0.465 e. The van der Waals surface area contributed by atoms with Crippen LogP contribution in [0.5, 0.6) is 0 Å². The lowest BCUT2D eigenvalue weighted by Crippen LogP contribution is -2.48. The number of aromatic nitrogens is 3. The fourth-order valence-electron chi connectivity index (χ4n) is 3.02. The molecule has 0 saturated carbocycles. The lowest BCUT2D eigenvalue weighted by Gasteiger charge is -2.41. The zero-order valence-electron chi connectivity index (χ0n) is 13.3. The Kier molecular flexibility index (Phi) is 3.58. The van der Waals surface area contributed by atoms with E-state index in [2.05, 4.69) is 10.1 Å². The molecule has 1 unspecified atom stereocenters. The van der Waals surface area contributed by atoms with E-state index in [1.807, 2.05) is 20.8 Å². The number of rotatable bonds is 1. The van der Waals surface area contributed by atoms with Gasteiger partial charge in [-0.05, 0) is 17.4 Å². The third-order valence-corrected chi connectivity index (χ3v) is 4.28. The third kappa shape index (κ3) is 2.78. The minimum absolute atomic E-state index is 0.217. The van der Waals surface area contributed by atoms with Gasteiger partial charge in [-0.25, -0.2) is 18.7 Å². The molecule has 0 spiro atoms. The Balaban J connectivity index is 2.02. The average Bonchev–Trinajstić information content (AvgIpc) is 2.91.